The molecule has 2 aliphatic rings. The first-order chi connectivity index (χ1) is 14.9. The Morgan fingerprint density at radius 1 is 1.16 bits per heavy atom. The minimum absolute atomic E-state index is 0.120. The lowest BCUT2D eigenvalue weighted by atomic mass is 9.94. The fourth-order valence-electron chi connectivity index (χ4n) is 4.53. The quantitative estimate of drug-likeness (QED) is 0.754. The number of carbonyl (C=O) groups excluding carboxylic acids is 3. The van der Waals surface area contributed by atoms with Crippen LogP contribution in [0.5, 0.6) is 0 Å². The predicted molar refractivity (Wildman–Crippen MR) is 118 cm³/mol. The number of aliphatic hydroxyl groups excluding tert-OH is 1. The molecule has 0 aliphatic carbocycles. The Morgan fingerprint density at radius 3 is 2.38 bits per heavy atom. The summed E-state index contributed by atoms with van der Waals surface area (Å²) in [6, 6.07) is 8.04. The molecule has 3 rings (SSSR count). The average molecular weight is 447 g/mol. The van der Waals surface area contributed by atoms with Gasteiger partial charge >= 0.3 is 12.2 Å². The number of amides is 3. The van der Waals surface area contributed by atoms with Crippen molar-refractivity contribution in [2.75, 3.05) is 0 Å². The molecule has 8 nitrogen and oxygen atoms in total. The van der Waals surface area contributed by atoms with E-state index < -0.39 is 53.9 Å². The molecule has 1 aromatic carbocycles. The lowest BCUT2D eigenvalue weighted by molar-refractivity contribution is -0.138. The van der Waals surface area contributed by atoms with Crippen LogP contribution in [-0.4, -0.2) is 62.8 Å². The van der Waals surface area contributed by atoms with Gasteiger partial charge in [-0.05, 0) is 53.0 Å². The van der Waals surface area contributed by atoms with Gasteiger partial charge in [0.05, 0.1) is 24.1 Å². The molecule has 0 radical (unpaired) electrons. The highest BCUT2D eigenvalue weighted by Gasteiger charge is 2.48. The molecule has 2 fully saturated rings. The zero-order valence-corrected chi connectivity index (χ0v) is 19.6. The van der Waals surface area contributed by atoms with Crippen molar-refractivity contribution in [2.45, 2.75) is 90.3 Å². The minimum atomic E-state index is -1.14. The number of cyclic esters (lactones) is 1. The molecule has 2 saturated heterocycles. The van der Waals surface area contributed by atoms with Crippen LogP contribution in [0.4, 0.5) is 9.59 Å². The first-order valence-corrected chi connectivity index (χ1v) is 11.2. The van der Waals surface area contributed by atoms with Gasteiger partial charge in [0.2, 0.25) is 5.91 Å². The molecule has 2 heterocycles. The topological polar surface area (TPSA) is 96.4 Å². The molecule has 8 heteroatoms. The van der Waals surface area contributed by atoms with E-state index in [4.69, 9.17) is 9.47 Å². The van der Waals surface area contributed by atoms with Crippen molar-refractivity contribution in [1.82, 2.24) is 9.80 Å². The second kappa shape index (κ2) is 9.10. The summed E-state index contributed by atoms with van der Waals surface area (Å²) in [6.45, 7) is 10.6. The van der Waals surface area contributed by atoms with Crippen molar-refractivity contribution in [2.24, 2.45) is 5.92 Å². The highest BCUT2D eigenvalue weighted by atomic mass is 16.6. The van der Waals surface area contributed by atoms with E-state index >= 15 is 0 Å². The molecule has 3 amide bonds. The van der Waals surface area contributed by atoms with Crippen LogP contribution < -0.4 is 0 Å². The normalized spacial score (nSPS) is 27.8. The number of hydrogen-bond donors (Lipinski definition) is 1. The minimum Gasteiger partial charge on any atom is -0.444 e. The van der Waals surface area contributed by atoms with Gasteiger partial charge in [-0.3, -0.25) is 9.69 Å². The standard InChI is InChI=1S/C24H34N2O6/c1-14-12-13-18(25(14)23(30)32-24(4,5)6)19(27)15(2)21(28)26-16(3)20(31-22(26)29)17-10-8-7-9-11-17/h7-11,14-16,18-20,27H,12-13H2,1-6H3/t14-,15?,16?,18-,19?,20?/m0/s1. The largest absolute Gasteiger partial charge is 0.444 e. The summed E-state index contributed by atoms with van der Waals surface area (Å²) in [5.74, 6) is -1.42. The van der Waals surface area contributed by atoms with Crippen LogP contribution in [0.25, 0.3) is 0 Å². The summed E-state index contributed by atoms with van der Waals surface area (Å²) >= 11 is 0. The fraction of sp³-hybridized carbons (Fsp3) is 0.625. The summed E-state index contributed by atoms with van der Waals surface area (Å²) in [6.07, 6.45) is -1.70. The van der Waals surface area contributed by atoms with Gasteiger partial charge in [0.1, 0.15) is 11.7 Å². The van der Waals surface area contributed by atoms with Gasteiger partial charge in [0, 0.05) is 6.04 Å². The van der Waals surface area contributed by atoms with Crippen molar-refractivity contribution in [1.29, 1.82) is 0 Å². The van der Waals surface area contributed by atoms with Crippen LogP contribution >= 0.6 is 0 Å². The number of hydrogen-bond acceptors (Lipinski definition) is 6. The molecule has 0 spiro atoms. The van der Waals surface area contributed by atoms with E-state index in [0.29, 0.717) is 12.8 Å². The highest BCUT2D eigenvalue weighted by molar-refractivity contribution is 5.95. The monoisotopic (exact) mass is 446 g/mol. The maximum atomic E-state index is 13.3. The van der Waals surface area contributed by atoms with Crippen molar-refractivity contribution in [3.05, 3.63) is 35.9 Å². The Balaban J connectivity index is 1.74. The molecule has 1 N–H and O–H groups in total. The number of carbonyl (C=O) groups is 3. The number of imide groups is 1. The molecule has 0 bridgehead atoms. The lowest BCUT2D eigenvalue weighted by Crippen LogP contribution is -2.53. The van der Waals surface area contributed by atoms with E-state index in [0.717, 1.165) is 10.5 Å². The van der Waals surface area contributed by atoms with Gasteiger partial charge in [-0.1, -0.05) is 37.3 Å². The zero-order valence-electron chi connectivity index (χ0n) is 19.6. The van der Waals surface area contributed by atoms with Crippen LogP contribution in [0.2, 0.25) is 0 Å². The average Bonchev–Trinajstić information content (AvgIpc) is 3.25. The van der Waals surface area contributed by atoms with Crippen molar-refractivity contribution in [3.8, 4) is 0 Å². The molecule has 0 saturated carbocycles. The lowest BCUT2D eigenvalue weighted by Gasteiger charge is -2.35. The number of rotatable bonds is 4. The Kier molecular flexibility index (Phi) is 6.83. The second-order valence-electron chi connectivity index (χ2n) is 9.82. The van der Waals surface area contributed by atoms with E-state index in [1.54, 1.807) is 34.6 Å². The van der Waals surface area contributed by atoms with Crippen molar-refractivity contribution < 1.29 is 29.0 Å². The summed E-state index contributed by atoms with van der Waals surface area (Å²) in [7, 11) is 0. The van der Waals surface area contributed by atoms with Crippen LogP contribution in [0, 0.1) is 5.92 Å². The van der Waals surface area contributed by atoms with Gasteiger partial charge in [-0.2, -0.15) is 0 Å². The van der Waals surface area contributed by atoms with E-state index in [9.17, 15) is 19.5 Å². The Hall–Kier alpha value is -2.61. The Labute approximate surface area is 189 Å². The molecular formula is C24H34N2O6. The predicted octanol–water partition coefficient (Wildman–Crippen LogP) is 3.88. The highest BCUT2D eigenvalue weighted by Crippen LogP contribution is 2.35. The maximum Gasteiger partial charge on any atom is 0.417 e. The maximum absolute atomic E-state index is 13.3. The van der Waals surface area contributed by atoms with Crippen LogP contribution in [0.15, 0.2) is 30.3 Å². The van der Waals surface area contributed by atoms with E-state index in [1.807, 2.05) is 37.3 Å². The summed E-state index contributed by atoms with van der Waals surface area (Å²) in [4.78, 5) is 41.2. The van der Waals surface area contributed by atoms with E-state index in [-0.39, 0.29) is 6.04 Å². The number of ether oxygens (including phenoxy) is 2. The summed E-state index contributed by atoms with van der Waals surface area (Å²) in [5.41, 5.74) is 0.134. The molecular weight excluding hydrogens is 412 g/mol. The summed E-state index contributed by atoms with van der Waals surface area (Å²) in [5, 5.41) is 11.1. The van der Waals surface area contributed by atoms with Gasteiger partial charge < -0.3 is 14.6 Å². The Bertz CT molecular complexity index is 852. The van der Waals surface area contributed by atoms with Gasteiger partial charge in [0.15, 0.2) is 0 Å². The van der Waals surface area contributed by atoms with Crippen LogP contribution in [0.3, 0.4) is 0 Å². The molecule has 176 valence electrons. The second-order valence-corrected chi connectivity index (χ2v) is 9.82. The third-order valence-corrected chi connectivity index (χ3v) is 6.25. The SMILES string of the molecule is CC(C(=O)N1C(=O)OC(c2ccccc2)C1C)C(O)[C@@H]1CC[C@H](C)N1C(=O)OC(C)(C)C. The van der Waals surface area contributed by atoms with Crippen LogP contribution in [-0.2, 0) is 14.3 Å². The van der Waals surface area contributed by atoms with Crippen LogP contribution in [0.1, 0.15) is 66.1 Å². The van der Waals surface area contributed by atoms with Gasteiger partial charge in [0.25, 0.3) is 0 Å². The third-order valence-electron chi connectivity index (χ3n) is 6.25. The smallest absolute Gasteiger partial charge is 0.417 e. The molecule has 6 atom stereocenters. The van der Waals surface area contributed by atoms with E-state index in [2.05, 4.69) is 0 Å². The first-order valence-electron chi connectivity index (χ1n) is 11.2. The van der Waals surface area contributed by atoms with Crippen molar-refractivity contribution >= 4 is 18.1 Å². The Morgan fingerprint density at radius 2 is 1.78 bits per heavy atom. The molecule has 1 aromatic rings. The summed E-state index contributed by atoms with van der Waals surface area (Å²) < 4.78 is 11.0. The number of likely N-dealkylation sites (tertiary alicyclic amines) is 1. The van der Waals surface area contributed by atoms with E-state index in [1.165, 1.54) is 4.90 Å². The van der Waals surface area contributed by atoms with Gasteiger partial charge in [-0.25, -0.2) is 14.5 Å². The molecule has 32 heavy (non-hydrogen) atoms. The number of aliphatic hydroxyl groups is 1. The zero-order chi connectivity index (χ0) is 23.8. The van der Waals surface area contributed by atoms with Crippen molar-refractivity contribution in [3.63, 3.8) is 0 Å². The molecule has 4 unspecified atom stereocenters. The third kappa shape index (κ3) is 4.75. The number of benzene rings is 1. The first kappa shape index (κ1) is 24.0. The molecule has 2 aliphatic heterocycles. The molecule has 0 aromatic heterocycles. The number of nitrogens with zero attached hydrogens (tertiary/aromatic N) is 2. The van der Waals surface area contributed by atoms with Gasteiger partial charge in [-0.15, -0.1) is 0 Å². The fourth-order valence-corrected chi connectivity index (χ4v) is 4.53.